The average Bonchev–Trinajstić information content (AvgIpc) is 2.13. The molecular weight excluding hydrogens is 310 g/mol. The minimum absolute atomic E-state index is 0.0159. The standard InChI is InChI=1S/C8H4Br2F2O/c9-3-6(13)4-1-2-5(11)7(10)8(4)12/h1-2H,3H2. The van der Waals surface area contributed by atoms with E-state index in [1.54, 1.807) is 0 Å². The van der Waals surface area contributed by atoms with E-state index in [0.29, 0.717) is 0 Å². The van der Waals surface area contributed by atoms with E-state index in [0.717, 1.165) is 12.1 Å². The first-order valence-electron chi connectivity index (χ1n) is 3.30. The molecule has 0 heterocycles. The number of carbonyl (C=O) groups excluding carboxylic acids is 1. The van der Waals surface area contributed by atoms with Crippen molar-refractivity contribution in [1.29, 1.82) is 0 Å². The summed E-state index contributed by atoms with van der Waals surface area (Å²) in [5, 5.41) is 0.0159. The first kappa shape index (κ1) is 10.8. The lowest BCUT2D eigenvalue weighted by atomic mass is 10.1. The molecule has 13 heavy (non-hydrogen) atoms. The predicted molar refractivity (Wildman–Crippen MR) is 52.2 cm³/mol. The lowest BCUT2D eigenvalue weighted by Gasteiger charge is -2.02. The van der Waals surface area contributed by atoms with Crippen molar-refractivity contribution in [3.63, 3.8) is 0 Å². The number of benzene rings is 1. The molecule has 0 aliphatic carbocycles. The second-order valence-corrected chi connectivity index (χ2v) is 3.63. The molecule has 1 nitrogen and oxygen atoms in total. The molecule has 0 saturated heterocycles. The second-order valence-electron chi connectivity index (χ2n) is 2.28. The molecule has 0 atom stereocenters. The van der Waals surface area contributed by atoms with Crippen molar-refractivity contribution in [2.45, 2.75) is 0 Å². The SMILES string of the molecule is O=C(CBr)c1ccc(F)c(Br)c1F. The topological polar surface area (TPSA) is 17.1 Å². The summed E-state index contributed by atoms with van der Waals surface area (Å²) in [7, 11) is 0. The smallest absolute Gasteiger partial charge is 0.176 e. The molecule has 0 amide bonds. The number of rotatable bonds is 2. The fraction of sp³-hybridized carbons (Fsp3) is 0.125. The summed E-state index contributed by atoms with van der Waals surface area (Å²) >= 11 is 5.61. The average molecular weight is 314 g/mol. The Balaban J connectivity index is 3.26. The summed E-state index contributed by atoms with van der Waals surface area (Å²) < 4.78 is 25.6. The molecule has 0 N–H and O–H groups in total. The van der Waals surface area contributed by atoms with Crippen molar-refractivity contribution in [1.82, 2.24) is 0 Å². The third kappa shape index (κ3) is 2.14. The van der Waals surface area contributed by atoms with Crippen LogP contribution in [-0.2, 0) is 0 Å². The van der Waals surface area contributed by atoms with E-state index in [9.17, 15) is 13.6 Å². The Hall–Kier alpha value is -0.290. The molecule has 0 spiro atoms. The van der Waals surface area contributed by atoms with Crippen LogP contribution in [0.5, 0.6) is 0 Å². The lowest BCUT2D eigenvalue weighted by molar-refractivity contribution is 0.102. The summed E-state index contributed by atoms with van der Waals surface area (Å²) in [6, 6.07) is 2.17. The molecule has 0 bridgehead atoms. The summed E-state index contributed by atoms with van der Waals surface area (Å²) in [6.07, 6.45) is 0. The highest BCUT2D eigenvalue weighted by molar-refractivity contribution is 9.10. The molecule has 0 aliphatic rings. The highest BCUT2D eigenvalue weighted by Crippen LogP contribution is 2.22. The number of Topliss-reactive ketones (excluding diaryl/α,β-unsaturated/α-hetero) is 1. The van der Waals surface area contributed by atoms with Gasteiger partial charge in [-0.2, -0.15) is 0 Å². The van der Waals surface area contributed by atoms with Crippen molar-refractivity contribution in [2.75, 3.05) is 5.33 Å². The third-order valence-electron chi connectivity index (χ3n) is 1.46. The quantitative estimate of drug-likeness (QED) is 0.465. The molecule has 5 heteroatoms. The van der Waals surface area contributed by atoms with Crippen molar-refractivity contribution in [3.05, 3.63) is 33.8 Å². The minimum Gasteiger partial charge on any atom is -0.293 e. The van der Waals surface area contributed by atoms with Crippen molar-refractivity contribution < 1.29 is 13.6 Å². The number of ketones is 1. The zero-order valence-corrected chi connectivity index (χ0v) is 9.45. The number of hydrogen-bond donors (Lipinski definition) is 0. The van der Waals surface area contributed by atoms with Crippen LogP contribution in [0.4, 0.5) is 8.78 Å². The zero-order valence-electron chi connectivity index (χ0n) is 6.28. The molecule has 0 radical (unpaired) electrons. The van der Waals surface area contributed by atoms with Gasteiger partial charge in [0.25, 0.3) is 0 Å². The van der Waals surface area contributed by atoms with Gasteiger partial charge < -0.3 is 0 Å². The predicted octanol–water partition coefficient (Wildman–Crippen LogP) is 3.30. The van der Waals surface area contributed by atoms with Crippen LogP contribution in [0, 0.1) is 11.6 Å². The van der Waals surface area contributed by atoms with E-state index in [-0.39, 0.29) is 15.4 Å². The van der Waals surface area contributed by atoms with Crippen molar-refractivity contribution >= 4 is 37.6 Å². The van der Waals surface area contributed by atoms with Crippen molar-refractivity contribution in [2.24, 2.45) is 0 Å². The van der Waals surface area contributed by atoms with Crippen LogP contribution in [0.2, 0.25) is 0 Å². The van der Waals surface area contributed by atoms with Gasteiger partial charge >= 0.3 is 0 Å². The van der Waals surface area contributed by atoms with Gasteiger partial charge in [0, 0.05) is 0 Å². The van der Waals surface area contributed by atoms with E-state index in [4.69, 9.17) is 0 Å². The Morgan fingerprint density at radius 2 is 2.00 bits per heavy atom. The maximum atomic E-state index is 13.2. The molecule has 0 fully saturated rings. The van der Waals surface area contributed by atoms with Gasteiger partial charge in [0.1, 0.15) is 5.82 Å². The highest BCUT2D eigenvalue weighted by Gasteiger charge is 2.15. The fourth-order valence-electron chi connectivity index (χ4n) is 0.813. The fourth-order valence-corrected chi connectivity index (χ4v) is 1.46. The Bertz CT molecular complexity index is 352. The van der Waals surface area contributed by atoms with Crippen LogP contribution >= 0.6 is 31.9 Å². The normalized spacial score (nSPS) is 10.2. The molecule has 70 valence electrons. The van der Waals surface area contributed by atoms with Gasteiger partial charge in [-0.25, -0.2) is 8.78 Å². The molecule has 1 aromatic rings. The Labute approximate surface area is 90.4 Å². The number of hydrogen-bond acceptors (Lipinski definition) is 1. The number of halogens is 4. The van der Waals surface area contributed by atoms with E-state index >= 15 is 0 Å². The summed E-state index contributed by atoms with van der Waals surface area (Å²) in [5.41, 5.74) is -0.120. The lowest BCUT2D eigenvalue weighted by Crippen LogP contribution is -2.04. The van der Waals surface area contributed by atoms with Crippen LogP contribution in [0.1, 0.15) is 10.4 Å². The van der Waals surface area contributed by atoms with E-state index in [1.807, 2.05) is 0 Å². The minimum atomic E-state index is -0.857. The van der Waals surface area contributed by atoms with Gasteiger partial charge in [-0.05, 0) is 28.1 Å². The van der Waals surface area contributed by atoms with Crippen molar-refractivity contribution in [3.8, 4) is 0 Å². The number of alkyl halides is 1. The van der Waals surface area contributed by atoms with Gasteiger partial charge in [0.15, 0.2) is 11.6 Å². The molecule has 0 aliphatic heterocycles. The largest absolute Gasteiger partial charge is 0.293 e. The number of carbonyl (C=O) groups is 1. The highest BCUT2D eigenvalue weighted by atomic mass is 79.9. The van der Waals surface area contributed by atoms with Crippen LogP contribution < -0.4 is 0 Å². The summed E-state index contributed by atoms with van der Waals surface area (Å²) in [4.78, 5) is 11.1. The summed E-state index contributed by atoms with van der Waals surface area (Å²) in [5.74, 6) is -1.99. The Morgan fingerprint density at radius 3 is 2.54 bits per heavy atom. The van der Waals surface area contributed by atoms with E-state index in [2.05, 4.69) is 31.9 Å². The Morgan fingerprint density at radius 1 is 1.38 bits per heavy atom. The summed E-state index contributed by atoms with van der Waals surface area (Å²) in [6.45, 7) is 0. The third-order valence-corrected chi connectivity index (χ3v) is 2.69. The van der Waals surface area contributed by atoms with E-state index in [1.165, 1.54) is 0 Å². The van der Waals surface area contributed by atoms with Gasteiger partial charge in [-0.3, -0.25) is 4.79 Å². The monoisotopic (exact) mass is 312 g/mol. The molecule has 1 aromatic carbocycles. The maximum absolute atomic E-state index is 13.2. The van der Waals surface area contributed by atoms with Crippen LogP contribution in [0.25, 0.3) is 0 Å². The zero-order chi connectivity index (χ0) is 10.0. The second kappa shape index (κ2) is 4.28. The molecular formula is C8H4Br2F2O. The van der Waals surface area contributed by atoms with Crippen LogP contribution in [0.15, 0.2) is 16.6 Å². The van der Waals surface area contributed by atoms with Gasteiger partial charge in [0.2, 0.25) is 0 Å². The maximum Gasteiger partial charge on any atom is 0.176 e. The van der Waals surface area contributed by atoms with Crippen LogP contribution in [-0.4, -0.2) is 11.1 Å². The van der Waals surface area contributed by atoms with Gasteiger partial charge in [-0.15, -0.1) is 0 Å². The molecule has 0 aromatic heterocycles. The molecule has 0 unspecified atom stereocenters. The van der Waals surface area contributed by atoms with Gasteiger partial charge in [0.05, 0.1) is 15.4 Å². The first-order chi connectivity index (χ1) is 6.07. The molecule has 1 rings (SSSR count). The van der Waals surface area contributed by atoms with Crippen LogP contribution in [0.3, 0.4) is 0 Å². The van der Waals surface area contributed by atoms with E-state index < -0.39 is 17.4 Å². The Kier molecular flexibility index (Phi) is 3.55. The molecule has 0 saturated carbocycles. The van der Waals surface area contributed by atoms with Gasteiger partial charge in [-0.1, -0.05) is 15.9 Å². The first-order valence-corrected chi connectivity index (χ1v) is 5.22.